The van der Waals surface area contributed by atoms with Crippen LogP contribution in [0.4, 0.5) is 4.39 Å². The van der Waals surface area contributed by atoms with Crippen LogP contribution in [0, 0.1) is 5.82 Å². The average Bonchev–Trinajstić information content (AvgIpc) is 3.39. The van der Waals surface area contributed by atoms with Gasteiger partial charge in [-0.05, 0) is 29.3 Å². The number of carbonyl (C=O) groups is 1. The van der Waals surface area contributed by atoms with Gasteiger partial charge in [0.25, 0.3) is 0 Å². The maximum atomic E-state index is 13.4. The monoisotopic (exact) mass is 406 g/mol. The molecule has 0 unspecified atom stereocenters. The Morgan fingerprint density at radius 3 is 2.76 bits per heavy atom. The molecule has 146 valence electrons. The predicted octanol–water partition coefficient (Wildman–Crippen LogP) is 4.05. The number of halogens is 1. The fraction of sp³-hybridized carbons (Fsp3) is 0.136. The minimum absolute atomic E-state index is 0.102. The molecule has 2 aromatic carbocycles. The molecule has 29 heavy (non-hydrogen) atoms. The Labute approximate surface area is 171 Å². The zero-order valence-corrected chi connectivity index (χ0v) is 16.4. The number of hydrogen-bond donors (Lipinski definition) is 1. The van der Waals surface area contributed by atoms with E-state index in [4.69, 9.17) is 0 Å². The van der Waals surface area contributed by atoms with E-state index in [0.717, 1.165) is 11.1 Å². The van der Waals surface area contributed by atoms with Gasteiger partial charge >= 0.3 is 0 Å². The molecule has 2 heterocycles. The van der Waals surface area contributed by atoms with Gasteiger partial charge in [-0.25, -0.2) is 9.37 Å². The summed E-state index contributed by atoms with van der Waals surface area (Å²) in [5, 5.41) is 9.74. The molecule has 0 fully saturated rings. The number of aromatic nitrogens is 3. The highest BCUT2D eigenvalue weighted by Gasteiger charge is 2.11. The first-order chi connectivity index (χ1) is 14.2. The molecule has 0 aliphatic rings. The van der Waals surface area contributed by atoms with E-state index < -0.39 is 0 Å². The summed E-state index contributed by atoms with van der Waals surface area (Å²) in [6.07, 6.45) is 3.84. The summed E-state index contributed by atoms with van der Waals surface area (Å²) >= 11 is 1.40. The van der Waals surface area contributed by atoms with Gasteiger partial charge in [-0.3, -0.25) is 9.48 Å². The van der Waals surface area contributed by atoms with Crippen LogP contribution in [0.1, 0.15) is 16.8 Å². The first kappa shape index (κ1) is 19.0. The molecule has 2 aromatic heterocycles. The van der Waals surface area contributed by atoms with E-state index in [1.165, 1.54) is 23.5 Å². The molecular weight excluding hydrogens is 387 g/mol. The minimum atomic E-state index is -0.300. The van der Waals surface area contributed by atoms with E-state index in [1.54, 1.807) is 12.3 Å². The van der Waals surface area contributed by atoms with Crippen LogP contribution in [0.3, 0.4) is 0 Å². The lowest BCUT2D eigenvalue weighted by Gasteiger charge is -2.10. The van der Waals surface area contributed by atoms with Gasteiger partial charge in [0.05, 0.1) is 18.7 Å². The average molecular weight is 406 g/mol. The van der Waals surface area contributed by atoms with Crippen LogP contribution in [0.2, 0.25) is 0 Å². The van der Waals surface area contributed by atoms with Gasteiger partial charge in [0.15, 0.2) is 0 Å². The molecule has 0 aliphatic carbocycles. The van der Waals surface area contributed by atoms with E-state index in [1.807, 2.05) is 52.7 Å². The molecule has 0 spiro atoms. The third-order valence-corrected chi connectivity index (χ3v) is 5.39. The molecule has 1 amide bonds. The van der Waals surface area contributed by atoms with Crippen molar-refractivity contribution in [3.8, 4) is 10.6 Å². The Hall–Kier alpha value is -3.32. The SMILES string of the molecule is O=C(Cc1csc(-c2cccc(F)c2)n1)NCc1ccccc1Cn1cccn1. The summed E-state index contributed by atoms with van der Waals surface area (Å²) in [5.74, 6) is -0.402. The lowest BCUT2D eigenvalue weighted by atomic mass is 10.1. The van der Waals surface area contributed by atoms with Gasteiger partial charge in [-0.2, -0.15) is 5.10 Å². The smallest absolute Gasteiger partial charge is 0.226 e. The first-order valence-electron chi connectivity index (χ1n) is 9.18. The van der Waals surface area contributed by atoms with Gasteiger partial charge in [0.1, 0.15) is 10.8 Å². The molecule has 4 rings (SSSR count). The highest BCUT2D eigenvalue weighted by atomic mass is 32.1. The second-order valence-electron chi connectivity index (χ2n) is 6.58. The van der Waals surface area contributed by atoms with Gasteiger partial charge in [0.2, 0.25) is 5.91 Å². The molecule has 5 nitrogen and oxygen atoms in total. The largest absolute Gasteiger partial charge is 0.352 e. The third kappa shape index (κ3) is 4.94. The molecule has 0 bridgehead atoms. The van der Waals surface area contributed by atoms with Crippen LogP contribution >= 0.6 is 11.3 Å². The van der Waals surface area contributed by atoms with Crippen molar-refractivity contribution in [3.63, 3.8) is 0 Å². The van der Waals surface area contributed by atoms with Gasteiger partial charge in [-0.1, -0.05) is 36.4 Å². The second-order valence-corrected chi connectivity index (χ2v) is 7.44. The van der Waals surface area contributed by atoms with Crippen LogP contribution in [0.15, 0.2) is 72.4 Å². The van der Waals surface area contributed by atoms with Crippen LogP contribution < -0.4 is 5.32 Å². The third-order valence-electron chi connectivity index (χ3n) is 4.45. The second kappa shape index (κ2) is 8.79. The van der Waals surface area contributed by atoms with Crippen LogP contribution in [0.25, 0.3) is 10.6 Å². The summed E-state index contributed by atoms with van der Waals surface area (Å²) in [7, 11) is 0. The van der Waals surface area contributed by atoms with Crippen molar-refractivity contribution in [2.45, 2.75) is 19.5 Å². The summed E-state index contributed by atoms with van der Waals surface area (Å²) in [4.78, 5) is 16.9. The van der Waals surface area contributed by atoms with Crippen molar-refractivity contribution >= 4 is 17.2 Å². The Morgan fingerprint density at radius 2 is 1.97 bits per heavy atom. The van der Waals surface area contributed by atoms with Crippen molar-refractivity contribution in [2.24, 2.45) is 0 Å². The molecule has 0 aliphatic heterocycles. The Kier molecular flexibility index (Phi) is 5.76. The Morgan fingerprint density at radius 1 is 1.10 bits per heavy atom. The highest BCUT2D eigenvalue weighted by molar-refractivity contribution is 7.13. The van der Waals surface area contributed by atoms with E-state index in [-0.39, 0.29) is 18.1 Å². The number of nitrogens with zero attached hydrogens (tertiary/aromatic N) is 3. The lowest BCUT2D eigenvalue weighted by Crippen LogP contribution is -2.25. The van der Waals surface area contributed by atoms with Crippen LogP contribution in [-0.4, -0.2) is 20.7 Å². The normalized spacial score (nSPS) is 10.8. The number of amides is 1. The number of carbonyl (C=O) groups excluding carboxylic acids is 1. The lowest BCUT2D eigenvalue weighted by molar-refractivity contribution is -0.120. The number of thiazole rings is 1. The molecule has 0 saturated carbocycles. The maximum absolute atomic E-state index is 13.4. The van der Waals surface area contributed by atoms with Crippen molar-refractivity contribution in [1.29, 1.82) is 0 Å². The Balaban J connectivity index is 1.36. The van der Waals surface area contributed by atoms with E-state index in [9.17, 15) is 9.18 Å². The van der Waals surface area contributed by atoms with Crippen molar-refractivity contribution in [3.05, 3.63) is 95.0 Å². The van der Waals surface area contributed by atoms with Crippen molar-refractivity contribution in [1.82, 2.24) is 20.1 Å². The van der Waals surface area contributed by atoms with Gasteiger partial charge < -0.3 is 5.32 Å². The molecule has 4 aromatic rings. The zero-order chi connectivity index (χ0) is 20.1. The van der Waals surface area contributed by atoms with Gasteiger partial charge in [0, 0.05) is 29.9 Å². The molecule has 0 radical (unpaired) electrons. The maximum Gasteiger partial charge on any atom is 0.226 e. The van der Waals surface area contributed by atoms with E-state index >= 15 is 0 Å². The van der Waals surface area contributed by atoms with Crippen LogP contribution in [0.5, 0.6) is 0 Å². The zero-order valence-electron chi connectivity index (χ0n) is 15.6. The molecule has 0 atom stereocenters. The summed E-state index contributed by atoms with van der Waals surface area (Å²) in [6, 6.07) is 16.2. The number of rotatable bonds is 7. The summed E-state index contributed by atoms with van der Waals surface area (Å²) < 4.78 is 15.2. The number of hydrogen-bond acceptors (Lipinski definition) is 4. The van der Waals surface area contributed by atoms with E-state index in [0.29, 0.717) is 29.4 Å². The van der Waals surface area contributed by atoms with Crippen molar-refractivity contribution in [2.75, 3.05) is 0 Å². The first-order valence-corrected chi connectivity index (χ1v) is 10.1. The molecule has 1 N–H and O–H groups in total. The fourth-order valence-electron chi connectivity index (χ4n) is 3.02. The number of nitrogens with one attached hydrogen (secondary N) is 1. The van der Waals surface area contributed by atoms with Crippen LogP contribution in [-0.2, 0) is 24.3 Å². The fourth-order valence-corrected chi connectivity index (χ4v) is 3.83. The summed E-state index contributed by atoms with van der Waals surface area (Å²) in [5.41, 5.74) is 3.56. The standard InChI is InChI=1S/C22H19FN4OS/c23-19-8-3-7-16(11-19)22-26-20(15-29-22)12-21(28)24-13-17-5-1-2-6-18(17)14-27-10-4-9-25-27/h1-11,15H,12-14H2,(H,24,28). The van der Waals surface area contributed by atoms with Gasteiger partial charge in [-0.15, -0.1) is 11.3 Å². The molecule has 7 heteroatoms. The Bertz CT molecular complexity index is 1110. The predicted molar refractivity (Wildman–Crippen MR) is 111 cm³/mol. The minimum Gasteiger partial charge on any atom is -0.352 e. The highest BCUT2D eigenvalue weighted by Crippen LogP contribution is 2.24. The molecule has 0 saturated heterocycles. The molecular formula is C22H19FN4OS. The quantitative estimate of drug-likeness (QED) is 0.504. The topological polar surface area (TPSA) is 59.8 Å². The van der Waals surface area contributed by atoms with E-state index in [2.05, 4.69) is 15.4 Å². The number of benzene rings is 2. The summed E-state index contributed by atoms with van der Waals surface area (Å²) in [6.45, 7) is 1.10. The van der Waals surface area contributed by atoms with Crippen molar-refractivity contribution < 1.29 is 9.18 Å².